The molecule has 1 N–H and O–H groups in total. The molecule has 0 bridgehead atoms. The molecule has 0 radical (unpaired) electrons. The summed E-state index contributed by atoms with van der Waals surface area (Å²) in [5.74, 6) is 0.0811. The van der Waals surface area contributed by atoms with E-state index in [1.54, 1.807) is 12.3 Å². The number of nitrogens with zero attached hydrogens (tertiary/aromatic N) is 1. The molecule has 1 saturated carbocycles. The number of furan rings is 1. The first kappa shape index (κ1) is 16.5. The lowest BCUT2D eigenvalue weighted by atomic mass is 9.64. The summed E-state index contributed by atoms with van der Waals surface area (Å²) in [5.41, 5.74) is 0.843. The molecule has 0 spiro atoms. The standard InChI is InChI=1S/C18H28N2O3/c1-4-23-16-11-15(18(16,2)3)19-14-5-8-20(9-6-14)17(21)13-7-10-22-12-13/h7,10,12,14-16,19H,4-6,8-9,11H2,1-3H3/t15-,16-/m1/s1. The molecule has 5 heteroatoms. The van der Waals surface area contributed by atoms with Crippen LogP contribution in [-0.2, 0) is 4.74 Å². The normalized spacial score (nSPS) is 27.7. The van der Waals surface area contributed by atoms with Crippen LogP contribution in [0.1, 0.15) is 50.4 Å². The fourth-order valence-corrected chi connectivity index (χ4v) is 3.75. The Morgan fingerprint density at radius 3 is 2.74 bits per heavy atom. The number of amides is 1. The van der Waals surface area contributed by atoms with Gasteiger partial charge in [0, 0.05) is 37.2 Å². The van der Waals surface area contributed by atoms with Crippen LogP contribution in [0, 0.1) is 5.41 Å². The molecule has 2 heterocycles. The molecule has 5 nitrogen and oxygen atoms in total. The molecular weight excluding hydrogens is 292 g/mol. The van der Waals surface area contributed by atoms with Crippen LogP contribution < -0.4 is 5.32 Å². The van der Waals surface area contributed by atoms with Crippen molar-refractivity contribution in [2.75, 3.05) is 19.7 Å². The van der Waals surface area contributed by atoms with E-state index in [1.165, 1.54) is 6.26 Å². The van der Waals surface area contributed by atoms with Gasteiger partial charge in [-0.2, -0.15) is 0 Å². The summed E-state index contributed by atoms with van der Waals surface area (Å²) in [6.07, 6.45) is 6.56. The van der Waals surface area contributed by atoms with E-state index in [0.29, 0.717) is 23.8 Å². The van der Waals surface area contributed by atoms with Crippen molar-refractivity contribution < 1.29 is 13.9 Å². The van der Waals surface area contributed by atoms with Crippen LogP contribution in [0.15, 0.2) is 23.0 Å². The molecule has 0 unspecified atom stereocenters. The minimum Gasteiger partial charge on any atom is -0.472 e. The molecule has 1 aromatic heterocycles. The highest BCUT2D eigenvalue weighted by Gasteiger charge is 2.49. The van der Waals surface area contributed by atoms with Gasteiger partial charge in [-0.1, -0.05) is 13.8 Å². The smallest absolute Gasteiger partial charge is 0.257 e. The largest absolute Gasteiger partial charge is 0.472 e. The molecule has 23 heavy (non-hydrogen) atoms. The van der Waals surface area contributed by atoms with Crippen LogP contribution in [0.3, 0.4) is 0 Å². The SMILES string of the molecule is CCO[C@@H]1C[C@@H](NC2CCN(C(=O)c3ccoc3)CC2)C1(C)C. The fourth-order valence-electron chi connectivity index (χ4n) is 3.75. The van der Waals surface area contributed by atoms with Gasteiger partial charge in [-0.25, -0.2) is 0 Å². The van der Waals surface area contributed by atoms with Crippen molar-refractivity contribution in [3.63, 3.8) is 0 Å². The van der Waals surface area contributed by atoms with Crippen LogP contribution in [-0.4, -0.2) is 48.7 Å². The van der Waals surface area contributed by atoms with Crippen molar-refractivity contribution in [1.82, 2.24) is 10.2 Å². The van der Waals surface area contributed by atoms with Gasteiger partial charge in [-0.15, -0.1) is 0 Å². The van der Waals surface area contributed by atoms with Crippen molar-refractivity contribution >= 4 is 5.91 Å². The topological polar surface area (TPSA) is 54.7 Å². The maximum atomic E-state index is 12.3. The van der Waals surface area contributed by atoms with Crippen molar-refractivity contribution in [2.45, 2.75) is 58.2 Å². The van der Waals surface area contributed by atoms with Crippen LogP contribution in [0.4, 0.5) is 0 Å². The molecule has 0 aromatic carbocycles. The number of piperidine rings is 1. The Labute approximate surface area is 138 Å². The summed E-state index contributed by atoms with van der Waals surface area (Å²) in [6, 6.07) is 2.74. The van der Waals surface area contributed by atoms with Crippen LogP contribution in [0.25, 0.3) is 0 Å². The van der Waals surface area contributed by atoms with Crippen LogP contribution >= 0.6 is 0 Å². The molecule has 3 rings (SSSR count). The second kappa shape index (κ2) is 6.65. The summed E-state index contributed by atoms with van der Waals surface area (Å²) >= 11 is 0. The third-order valence-corrected chi connectivity index (χ3v) is 5.53. The maximum absolute atomic E-state index is 12.3. The summed E-state index contributed by atoms with van der Waals surface area (Å²) in [6.45, 7) is 9.03. The van der Waals surface area contributed by atoms with Gasteiger partial charge in [0.05, 0.1) is 17.9 Å². The number of carbonyl (C=O) groups is 1. The van der Waals surface area contributed by atoms with E-state index < -0.39 is 0 Å². The number of rotatable bonds is 5. The first-order valence-electron chi connectivity index (χ1n) is 8.71. The molecule has 1 aliphatic heterocycles. The third kappa shape index (κ3) is 3.31. The first-order valence-corrected chi connectivity index (χ1v) is 8.71. The zero-order chi connectivity index (χ0) is 16.4. The van der Waals surface area contributed by atoms with Crippen molar-refractivity contribution in [3.05, 3.63) is 24.2 Å². The highest BCUT2D eigenvalue weighted by atomic mass is 16.5. The zero-order valence-corrected chi connectivity index (χ0v) is 14.4. The highest BCUT2D eigenvalue weighted by Crippen LogP contribution is 2.43. The quantitative estimate of drug-likeness (QED) is 0.906. The van der Waals surface area contributed by atoms with Crippen molar-refractivity contribution in [3.8, 4) is 0 Å². The Kier molecular flexibility index (Phi) is 4.78. The van der Waals surface area contributed by atoms with E-state index in [0.717, 1.165) is 39.0 Å². The molecule has 128 valence electrons. The van der Waals surface area contributed by atoms with Gasteiger partial charge in [0.15, 0.2) is 0 Å². The minimum atomic E-state index is 0.0811. The van der Waals surface area contributed by atoms with Gasteiger partial charge in [0.1, 0.15) is 6.26 Å². The van der Waals surface area contributed by atoms with E-state index in [9.17, 15) is 4.79 Å². The van der Waals surface area contributed by atoms with Crippen molar-refractivity contribution in [2.24, 2.45) is 5.41 Å². The monoisotopic (exact) mass is 320 g/mol. The van der Waals surface area contributed by atoms with E-state index in [2.05, 4.69) is 26.1 Å². The fraction of sp³-hybridized carbons (Fsp3) is 0.722. The molecule has 2 atom stereocenters. The summed E-state index contributed by atoms with van der Waals surface area (Å²) in [7, 11) is 0. The number of ether oxygens (including phenoxy) is 1. The Morgan fingerprint density at radius 2 is 2.17 bits per heavy atom. The Balaban J connectivity index is 1.46. The average Bonchev–Trinajstić information content (AvgIpc) is 3.08. The van der Waals surface area contributed by atoms with Crippen LogP contribution in [0.2, 0.25) is 0 Å². The lowest BCUT2D eigenvalue weighted by Gasteiger charge is -2.53. The number of carbonyl (C=O) groups excluding carboxylic acids is 1. The van der Waals surface area contributed by atoms with Crippen molar-refractivity contribution in [1.29, 1.82) is 0 Å². The van der Waals surface area contributed by atoms with Crippen LogP contribution in [0.5, 0.6) is 0 Å². The zero-order valence-electron chi connectivity index (χ0n) is 14.4. The Hall–Kier alpha value is -1.33. The second-order valence-corrected chi connectivity index (χ2v) is 7.30. The first-order chi connectivity index (χ1) is 11.0. The van der Waals surface area contributed by atoms with Gasteiger partial charge < -0.3 is 19.4 Å². The molecule has 1 aliphatic carbocycles. The van der Waals surface area contributed by atoms with Gasteiger partial charge in [0.25, 0.3) is 5.91 Å². The molecule has 1 saturated heterocycles. The lowest BCUT2D eigenvalue weighted by Crippen LogP contribution is -2.63. The molecule has 2 fully saturated rings. The lowest BCUT2D eigenvalue weighted by molar-refractivity contribution is -0.117. The van der Waals surface area contributed by atoms with Gasteiger partial charge in [0.2, 0.25) is 0 Å². The third-order valence-electron chi connectivity index (χ3n) is 5.53. The number of likely N-dealkylation sites (tertiary alicyclic amines) is 1. The summed E-state index contributed by atoms with van der Waals surface area (Å²) < 4.78 is 10.8. The van der Waals surface area contributed by atoms with Gasteiger partial charge in [-0.3, -0.25) is 4.79 Å². The maximum Gasteiger partial charge on any atom is 0.257 e. The predicted octanol–water partition coefficient (Wildman–Crippen LogP) is 2.68. The summed E-state index contributed by atoms with van der Waals surface area (Å²) in [5, 5.41) is 3.79. The minimum absolute atomic E-state index is 0.0811. The predicted molar refractivity (Wildman–Crippen MR) is 88.4 cm³/mol. The van der Waals surface area contributed by atoms with E-state index in [-0.39, 0.29) is 11.3 Å². The number of hydrogen-bond acceptors (Lipinski definition) is 4. The Morgan fingerprint density at radius 1 is 1.43 bits per heavy atom. The average molecular weight is 320 g/mol. The number of hydrogen-bond donors (Lipinski definition) is 1. The highest BCUT2D eigenvalue weighted by molar-refractivity contribution is 5.93. The molecule has 2 aliphatic rings. The molecule has 1 aromatic rings. The number of nitrogens with one attached hydrogen (secondary N) is 1. The molecule has 1 amide bonds. The summed E-state index contributed by atoms with van der Waals surface area (Å²) in [4.78, 5) is 14.2. The Bertz CT molecular complexity index is 518. The van der Waals surface area contributed by atoms with E-state index >= 15 is 0 Å². The van der Waals surface area contributed by atoms with E-state index in [4.69, 9.17) is 9.15 Å². The second-order valence-electron chi connectivity index (χ2n) is 7.30. The molecular formula is C18H28N2O3. The van der Waals surface area contributed by atoms with E-state index in [1.807, 2.05) is 4.90 Å². The van der Waals surface area contributed by atoms with Gasteiger partial charge in [-0.05, 0) is 32.3 Å². The van der Waals surface area contributed by atoms with Gasteiger partial charge >= 0.3 is 0 Å².